The maximum atomic E-state index is 11.8. The second kappa shape index (κ2) is 9.40. The number of carbonyl (C=O) groups excluding carboxylic acids is 2. The highest BCUT2D eigenvalue weighted by molar-refractivity contribution is 6.30. The largest absolute Gasteiger partial charge is 0.465 e. The Hall–Kier alpha value is -1.55. The van der Waals surface area contributed by atoms with E-state index >= 15 is 0 Å². The van der Waals surface area contributed by atoms with Gasteiger partial charge in [-0.15, -0.1) is 0 Å². The summed E-state index contributed by atoms with van der Waals surface area (Å²) in [7, 11) is 0. The molecule has 0 bridgehead atoms. The number of hydrogen-bond acceptors (Lipinski definition) is 4. The van der Waals surface area contributed by atoms with E-state index in [1.54, 1.807) is 13.8 Å². The van der Waals surface area contributed by atoms with Crippen LogP contribution in [0.5, 0.6) is 0 Å². The fourth-order valence-corrected chi connectivity index (χ4v) is 2.11. The molecule has 0 aliphatic carbocycles. The van der Waals surface area contributed by atoms with E-state index in [2.05, 4.69) is 0 Å². The predicted molar refractivity (Wildman–Crippen MR) is 81.1 cm³/mol. The summed E-state index contributed by atoms with van der Waals surface area (Å²) in [4.78, 5) is 23.6. The first kappa shape index (κ1) is 17.5. The van der Waals surface area contributed by atoms with E-state index in [0.29, 0.717) is 17.9 Å². The van der Waals surface area contributed by atoms with Crippen LogP contribution in [0, 0.1) is 5.92 Å². The molecule has 5 heteroatoms. The van der Waals surface area contributed by atoms with Crippen LogP contribution in [0.1, 0.15) is 32.3 Å². The van der Waals surface area contributed by atoms with Gasteiger partial charge in [-0.1, -0.05) is 23.7 Å². The Morgan fingerprint density at radius 2 is 1.57 bits per heavy atom. The third-order valence-corrected chi connectivity index (χ3v) is 3.27. The Morgan fingerprint density at radius 1 is 1.05 bits per heavy atom. The average molecular weight is 313 g/mol. The standard InChI is InChI=1S/C16H21ClO4/c1-3-20-15(18)14(16(19)21-4-2)7-5-6-12-8-10-13(17)11-9-12/h8-11,14H,3-7H2,1-2H3. The number of esters is 2. The van der Waals surface area contributed by atoms with E-state index in [4.69, 9.17) is 21.1 Å². The number of carbonyl (C=O) groups is 2. The van der Waals surface area contributed by atoms with Crippen molar-refractivity contribution in [3.63, 3.8) is 0 Å². The van der Waals surface area contributed by atoms with Gasteiger partial charge in [-0.05, 0) is 50.8 Å². The molecule has 0 aromatic heterocycles. The van der Waals surface area contributed by atoms with Gasteiger partial charge in [0, 0.05) is 5.02 Å². The van der Waals surface area contributed by atoms with E-state index in [-0.39, 0.29) is 13.2 Å². The van der Waals surface area contributed by atoms with Gasteiger partial charge in [-0.2, -0.15) is 0 Å². The molecule has 0 saturated heterocycles. The molecule has 0 unspecified atom stereocenters. The number of aryl methyl sites for hydroxylation is 1. The van der Waals surface area contributed by atoms with Gasteiger partial charge in [-0.25, -0.2) is 0 Å². The van der Waals surface area contributed by atoms with Crippen LogP contribution in [0.2, 0.25) is 5.02 Å². The van der Waals surface area contributed by atoms with Crippen molar-refractivity contribution in [2.75, 3.05) is 13.2 Å². The van der Waals surface area contributed by atoms with E-state index < -0.39 is 17.9 Å². The van der Waals surface area contributed by atoms with Gasteiger partial charge in [0.05, 0.1) is 13.2 Å². The zero-order valence-electron chi connectivity index (χ0n) is 12.4. The fraction of sp³-hybridized carbons (Fsp3) is 0.500. The van der Waals surface area contributed by atoms with Crippen molar-refractivity contribution in [3.8, 4) is 0 Å². The molecule has 1 aromatic rings. The Morgan fingerprint density at radius 3 is 2.05 bits per heavy atom. The lowest BCUT2D eigenvalue weighted by atomic mass is 9.99. The molecular weight excluding hydrogens is 292 g/mol. The molecule has 4 nitrogen and oxygen atoms in total. The lowest BCUT2D eigenvalue weighted by molar-refractivity contribution is -0.161. The highest BCUT2D eigenvalue weighted by atomic mass is 35.5. The summed E-state index contributed by atoms with van der Waals surface area (Å²) in [6.45, 7) is 3.94. The molecule has 0 heterocycles. The van der Waals surface area contributed by atoms with Crippen molar-refractivity contribution in [1.82, 2.24) is 0 Å². The summed E-state index contributed by atoms with van der Waals surface area (Å²) in [6, 6.07) is 7.52. The van der Waals surface area contributed by atoms with Gasteiger partial charge >= 0.3 is 11.9 Å². The van der Waals surface area contributed by atoms with Gasteiger partial charge < -0.3 is 9.47 Å². The first-order valence-electron chi connectivity index (χ1n) is 7.16. The number of rotatable bonds is 8. The maximum Gasteiger partial charge on any atom is 0.320 e. The van der Waals surface area contributed by atoms with Gasteiger partial charge in [0.25, 0.3) is 0 Å². The molecule has 0 atom stereocenters. The molecule has 0 aliphatic heterocycles. The Balaban J connectivity index is 2.54. The lowest BCUT2D eigenvalue weighted by Crippen LogP contribution is -2.28. The number of hydrogen-bond donors (Lipinski definition) is 0. The summed E-state index contributed by atoms with van der Waals surface area (Å²) < 4.78 is 9.87. The fourth-order valence-electron chi connectivity index (χ4n) is 1.98. The summed E-state index contributed by atoms with van der Waals surface area (Å²) in [5.41, 5.74) is 1.12. The van der Waals surface area contributed by atoms with E-state index in [1.807, 2.05) is 24.3 Å². The molecule has 0 fully saturated rings. The van der Waals surface area contributed by atoms with Crippen molar-refractivity contribution in [1.29, 1.82) is 0 Å². The van der Waals surface area contributed by atoms with Crippen molar-refractivity contribution in [2.24, 2.45) is 5.92 Å². The smallest absolute Gasteiger partial charge is 0.320 e. The molecular formula is C16H21ClO4. The van der Waals surface area contributed by atoms with Gasteiger partial charge in [0.15, 0.2) is 5.92 Å². The third kappa shape index (κ3) is 6.17. The quantitative estimate of drug-likeness (QED) is 0.545. The molecule has 1 rings (SSSR count). The minimum atomic E-state index is -0.836. The molecule has 0 radical (unpaired) electrons. The van der Waals surface area contributed by atoms with Crippen LogP contribution in [0.3, 0.4) is 0 Å². The van der Waals surface area contributed by atoms with Crippen LogP contribution in [0.25, 0.3) is 0 Å². The first-order valence-corrected chi connectivity index (χ1v) is 7.54. The highest BCUT2D eigenvalue weighted by Crippen LogP contribution is 2.16. The Kier molecular flexibility index (Phi) is 7.83. The second-order valence-electron chi connectivity index (χ2n) is 4.58. The monoisotopic (exact) mass is 312 g/mol. The first-order chi connectivity index (χ1) is 10.1. The predicted octanol–water partition coefficient (Wildman–Crippen LogP) is 3.41. The average Bonchev–Trinajstić information content (AvgIpc) is 2.46. The highest BCUT2D eigenvalue weighted by Gasteiger charge is 2.28. The van der Waals surface area contributed by atoms with Gasteiger partial charge in [-0.3, -0.25) is 9.59 Å². The molecule has 21 heavy (non-hydrogen) atoms. The summed E-state index contributed by atoms with van der Waals surface area (Å²) >= 11 is 5.83. The summed E-state index contributed by atoms with van der Waals surface area (Å²) in [6.07, 6.45) is 1.89. The molecule has 0 amide bonds. The van der Waals surface area contributed by atoms with E-state index in [0.717, 1.165) is 12.0 Å². The van der Waals surface area contributed by atoms with Crippen LogP contribution in [0.4, 0.5) is 0 Å². The number of halogens is 1. The van der Waals surface area contributed by atoms with Crippen LogP contribution in [-0.4, -0.2) is 25.2 Å². The zero-order valence-corrected chi connectivity index (χ0v) is 13.2. The topological polar surface area (TPSA) is 52.6 Å². The SMILES string of the molecule is CCOC(=O)C(CCCc1ccc(Cl)cc1)C(=O)OCC. The summed E-state index contributed by atoms with van der Waals surface area (Å²) in [5.74, 6) is -1.85. The van der Waals surface area contributed by atoms with Crippen LogP contribution in [-0.2, 0) is 25.5 Å². The molecule has 0 N–H and O–H groups in total. The van der Waals surface area contributed by atoms with Crippen molar-refractivity contribution in [3.05, 3.63) is 34.9 Å². The summed E-state index contributed by atoms with van der Waals surface area (Å²) in [5, 5.41) is 0.690. The lowest BCUT2D eigenvalue weighted by Gasteiger charge is -2.14. The normalized spacial score (nSPS) is 10.5. The maximum absolute atomic E-state index is 11.8. The minimum Gasteiger partial charge on any atom is -0.465 e. The molecule has 0 saturated carbocycles. The van der Waals surface area contributed by atoms with Crippen LogP contribution in [0.15, 0.2) is 24.3 Å². The molecule has 116 valence electrons. The van der Waals surface area contributed by atoms with Crippen molar-refractivity contribution in [2.45, 2.75) is 33.1 Å². The minimum absolute atomic E-state index is 0.256. The van der Waals surface area contributed by atoms with E-state index in [9.17, 15) is 9.59 Å². The van der Waals surface area contributed by atoms with Gasteiger partial charge in [0.2, 0.25) is 0 Å². The zero-order chi connectivity index (χ0) is 15.7. The third-order valence-electron chi connectivity index (χ3n) is 3.01. The number of benzene rings is 1. The molecule has 0 aliphatic rings. The number of ether oxygens (including phenoxy) is 2. The Labute approximate surface area is 130 Å². The van der Waals surface area contributed by atoms with Crippen molar-refractivity contribution >= 4 is 23.5 Å². The molecule has 0 spiro atoms. The van der Waals surface area contributed by atoms with E-state index in [1.165, 1.54) is 0 Å². The molecule has 1 aromatic carbocycles. The van der Waals surface area contributed by atoms with Crippen LogP contribution < -0.4 is 0 Å². The van der Waals surface area contributed by atoms with Gasteiger partial charge in [0.1, 0.15) is 0 Å². The second-order valence-corrected chi connectivity index (χ2v) is 5.01. The Bertz CT molecular complexity index is 438. The van der Waals surface area contributed by atoms with Crippen LogP contribution >= 0.6 is 11.6 Å². The van der Waals surface area contributed by atoms with Crippen molar-refractivity contribution < 1.29 is 19.1 Å².